The molecule has 0 unspecified atom stereocenters. The lowest BCUT2D eigenvalue weighted by Crippen LogP contribution is -2.44. The number of amides is 1. The van der Waals surface area contributed by atoms with Crippen LogP contribution in [-0.4, -0.2) is 56.0 Å². The molecular formula is C22H28ClN5O5S. The number of nitrogens with one attached hydrogen (secondary N) is 3. The third-order valence-corrected chi connectivity index (χ3v) is 8.14. The van der Waals surface area contributed by atoms with E-state index in [0.717, 1.165) is 5.56 Å². The van der Waals surface area contributed by atoms with Crippen LogP contribution in [0.1, 0.15) is 37.7 Å². The maximum Gasteiger partial charge on any atom is 0.407 e. The van der Waals surface area contributed by atoms with E-state index in [1.54, 1.807) is 24.3 Å². The number of aryl methyl sites for hydroxylation is 1. The lowest BCUT2D eigenvalue weighted by molar-refractivity contribution is 0.102. The van der Waals surface area contributed by atoms with Crippen molar-refractivity contribution in [2.45, 2.75) is 62.1 Å². The minimum atomic E-state index is -3.57. The molecule has 10 nitrogen and oxygen atoms in total. The number of benzene rings is 1. The molecule has 1 amide bonds. The van der Waals surface area contributed by atoms with E-state index in [-0.39, 0.29) is 28.1 Å². The van der Waals surface area contributed by atoms with Gasteiger partial charge in [-0.3, -0.25) is 4.79 Å². The fourth-order valence-corrected chi connectivity index (χ4v) is 5.87. The molecule has 12 heteroatoms. The molecule has 2 heterocycles. The van der Waals surface area contributed by atoms with Crippen LogP contribution in [-0.2, 0) is 14.8 Å². The van der Waals surface area contributed by atoms with Crippen LogP contribution >= 0.6 is 11.6 Å². The predicted molar refractivity (Wildman–Crippen MR) is 128 cm³/mol. The van der Waals surface area contributed by atoms with Gasteiger partial charge < -0.3 is 15.0 Å². The number of hydrogen-bond acceptors (Lipinski definition) is 7. The fourth-order valence-electron chi connectivity index (χ4n) is 4.35. The zero-order valence-corrected chi connectivity index (χ0v) is 20.4. The van der Waals surface area contributed by atoms with Crippen LogP contribution in [0.5, 0.6) is 0 Å². The second kappa shape index (κ2) is 10.3. The summed E-state index contributed by atoms with van der Waals surface area (Å²) in [5.74, 6) is 0. The molecule has 1 saturated heterocycles. The zero-order chi connectivity index (χ0) is 24.3. The molecule has 4 rings (SSSR count). The first-order valence-electron chi connectivity index (χ1n) is 11.3. The zero-order valence-electron chi connectivity index (χ0n) is 18.8. The van der Waals surface area contributed by atoms with Gasteiger partial charge in [-0.1, -0.05) is 29.3 Å². The van der Waals surface area contributed by atoms with Crippen molar-refractivity contribution in [1.29, 1.82) is 0 Å². The number of nitrogens with zero attached hydrogens (tertiary/aromatic N) is 2. The van der Waals surface area contributed by atoms with Crippen molar-refractivity contribution in [3.05, 3.63) is 51.4 Å². The van der Waals surface area contributed by atoms with E-state index in [0.29, 0.717) is 50.9 Å². The van der Waals surface area contributed by atoms with Crippen molar-refractivity contribution in [2.24, 2.45) is 0 Å². The molecule has 0 spiro atoms. The van der Waals surface area contributed by atoms with Gasteiger partial charge in [0.1, 0.15) is 11.1 Å². The number of alkyl carbamates (subject to hydrolysis) is 1. The third kappa shape index (κ3) is 5.89. The predicted octanol–water partition coefficient (Wildman–Crippen LogP) is 2.33. The van der Waals surface area contributed by atoms with Crippen LogP contribution in [0.15, 0.2) is 40.2 Å². The minimum absolute atomic E-state index is 0.0647. The molecule has 1 aromatic carbocycles. The number of aromatic nitrogens is 2. The third-order valence-electron chi connectivity index (χ3n) is 6.24. The Labute approximate surface area is 203 Å². The number of sulfonamides is 1. The Morgan fingerprint density at radius 3 is 2.53 bits per heavy atom. The lowest BCUT2D eigenvalue weighted by atomic mass is 9.92. The summed E-state index contributed by atoms with van der Waals surface area (Å²) in [5, 5.41) is 9.01. The Bertz CT molecular complexity index is 1180. The van der Waals surface area contributed by atoms with Crippen molar-refractivity contribution in [2.75, 3.05) is 18.0 Å². The Balaban J connectivity index is 1.22. The maximum absolute atomic E-state index is 12.6. The summed E-state index contributed by atoms with van der Waals surface area (Å²) in [5.41, 5.74) is 1.06. The summed E-state index contributed by atoms with van der Waals surface area (Å²) in [6, 6.07) is 6.51. The first-order valence-corrected chi connectivity index (χ1v) is 13.1. The van der Waals surface area contributed by atoms with E-state index in [9.17, 15) is 18.0 Å². The van der Waals surface area contributed by atoms with Gasteiger partial charge in [0.25, 0.3) is 5.56 Å². The monoisotopic (exact) mass is 509 g/mol. The summed E-state index contributed by atoms with van der Waals surface area (Å²) in [6.45, 7) is 2.92. The summed E-state index contributed by atoms with van der Waals surface area (Å²) >= 11 is 6.06. The highest BCUT2D eigenvalue weighted by atomic mass is 35.5. The molecule has 0 radical (unpaired) electrons. The number of hydrogen-bond donors (Lipinski definition) is 3. The number of anilines is 1. The van der Waals surface area contributed by atoms with Crippen LogP contribution in [0.2, 0.25) is 5.02 Å². The molecule has 3 N–H and O–H groups in total. The second-order valence-corrected chi connectivity index (χ2v) is 10.9. The molecule has 1 aliphatic heterocycles. The Morgan fingerprint density at radius 1 is 1.15 bits per heavy atom. The average Bonchev–Trinajstić information content (AvgIpc) is 3.25. The average molecular weight is 510 g/mol. The first kappa shape index (κ1) is 24.5. The van der Waals surface area contributed by atoms with E-state index in [4.69, 9.17) is 16.3 Å². The van der Waals surface area contributed by atoms with Crippen LogP contribution < -0.4 is 20.5 Å². The van der Waals surface area contributed by atoms with Crippen LogP contribution in [0.3, 0.4) is 0 Å². The number of ether oxygens (including phenoxy) is 1. The highest BCUT2D eigenvalue weighted by Crippen LogP contribution is 2.26. The molecule has 2 aliphatic rings. The van der Waals surface area contributed by atoms with Crippen molar-refractivity contribution in [1.82, 2.24) is 20.2 Å². The van der Waals surface area contributed by atoms with Gasteiger partial charge in [0.15, 0.2) is 0 Å². The van der Waals surface area contributed by atoms with Gasteiger partial charge in [0.2, 0.25) is 10.0 Å². The van der Waals surface area contributed by atoms with Gasteiger partial charge in [-0.15, -0.1) is 0 Å². The Kier molecular flexibility index (Phi) is 7.44. The van der Waals surface area contributed by atoms with Gasteiger partial charge >= 0.3 is 6.09 Å². The number of halogens is 1. The first-order chi connectivity index (χ1) is 16.2. The minimum Gasteiger partial charge on any atom is -0.444 e. The normalized spacial score (nSPS) is 23.0. The van der Waals surface area contributed by atoms with Crippen molar-refractivity contribution >= 4 is 33.4 Å². The summed E-state index contributed by atoms with van der Waals surface area (Å²) in [7, 11) is -3.57. The summed E-state index contributed by atoms with van der Waals surface area (Å²) < 4.78 is 33.5. The van der Waals surface area contributed by atoms with Gasteiger partial charge in [0.05, 0.1) is 23.3 Å². The molecule has 1 aromatic heterocycles. The number of carbonyl (C=O) groups excluding carboxylic acids is 1. The van der Waals surface area contributed by atoms with Crippen molar-refractivity contribution in [3.8, 4) is 0 Å². The molecule has 1 saturated carbocycles. The number of H-pyrrole nitrogens is 1. The number of carbonyl (C=O) groups is 1. The molecule has 0 bridgehead atoms. The largest absolute Gasteiger partial charge is 0.444 e. The molecule has 34 heavy (non-hydrogen) atoms. The fraction of sp³-hybridized carbons (Fsp3) is 0.500. The van der Waals surface area contributed by atoms with Gasteiger partial charge in [-0.25, -0.2) is 23.0 Å². The molecule has 1 atom stereocenters. The number of aromatic amines is 1. The van der Waals surface area contributed by atoms with Crippen LogP contribution in [0.25, 0.3) is 0 Å². The van der Waals surface area contributed by atoms with E-state index in [2.05, 4.69) is 20.2 Å². The molecule has 2 aromatic rings. The summed E-state index contributed by atoms with van der Waals surface area (Å²) in [6.07, 6.45) is 3.84. The van der Waals surface area contributed by atoms with Gasteiger partial charge in [-0.2, -0.15) is 5.10 Å². The SMILES string of the molecule is Cc1ccc(S(=O)(=O)NC2CCC(NC(=O)O[C@@H]3CCN(c4cn[nH]c(=O)c4Cl)C3)CC2)cc1. The van der Waals surface area contributed by atoms with E-state index >= 15 is 0 Å². The van der Waals surface area contributed by atoms with E-state index < -0.39 is 21.7 Å². The summed E-state index contributed by atoms with van der Waals surface area (Å²) in [4.78, 5) is 26.2. The quantitative estimate of drug-likeness (QED) is 0.544. The maximum atomic E-state index is 12.6. The van der Waals surface area contributed by atoms with Gasteiger partial charge in [0, 0.05) is 25.0 Å². The van der Waals surface area contributed by atoms with Crippen LogP contribution in [0.4, 0.5) is 10.5 Å². The molecular weight excluding hydrogens is 482 g/mol. The van der Waals surface area contributed by atoms with E-state index in [1.165, 1.54) is 6.20 Å². The van der Waals surface area contributed by atoms with Crippen molar-refractivity contribution in [3.63, 3.8) is 0 Å². The number of rotatable bonds is 6. The van der Waals surface area contributed by atoms with E-state index in [1.807, 2.05) is 11.8 Å². The lowest BCUT2D eigenvalue weighted by Gasteiger charge is -2.29. The Hall–Kier alpha value is -2.63. The highest BCUT2D eigenvalue weighted by Gasteiger charge is 2.30. The molecule has 184 valence electrons. The topological polar surface area (TPSA) is 133 Å². The smallest absolute Gasteiger partial charge is 0.407 e. The van der Waals surface area contributed by atoms with Crippen molar-refractivity contribution < 1.29 is 17.9 Å². The van der Waals surface area contributed by atoms with Gasteiger partial charge in [-0.05, 0) is 44.7 Å². The van der Waals surface area contributed by atoms with Crippen LogP contribution in [0, 0.1) is 6.92 Å². The molecule has 2 fully saturated rings. The second-order valence-electron chi connectivity index (χ2n) is 8.79. The highest BCUT2D eigenvalue weighted by molar-refractivity contribution is 7.89. The standard InChI is InChI=1S/C22H28ClN5O5S/c1-14-2-8-18(9-3-14)34(31,32)27-16-6-4-15(5-7-16)25-22(30)33-17-10-11-28(13-17)19-12-24-26-21(29)20(19)23/h2-3,8-9,12,15-17,27H,4-7,10-11,13H2,1H3,(H,25,30)(H,26,29)/t15?,16?,17-/m1/s1. The molecule has 1 aliphatic carbocycles. The Morgan fingerprint density at radius 2 is 1.82 bits per heavy atom.